The van der Waals surface area contributed by atoms with Gasteiger partial charge in [-0.1, -0.05) is 24.3 Å². The maximum atomic E-state index is 13.8. The maximum absolute atomic E-state index is 13.8. The fraction of sp³-hybridized carbons (Fsp3) is 0.385. The van der Waals surface area contributed by atoms with Crippen LogP contribution in [0.3, 0.4) is 0 Å². The molecule has 0 unspecified atom stereocenters. The number of rotatable bonds is 6. The lowest BCUT2D eigenvalue weighted by Crippen LogP contribution is -2.55. The van der Waals surface area contributed by atoms with Crippen LogP contribution in [-0.2, 0) is 17.5 Å². The number of benzene rings is 2. The molecule has 0 aliphatic carbocycles. The highest BCUT2D eigenvalue weighted by Gasteiger charge is 2.45. The summed E-state index contributed by atoms with van der Waals surface area (Å²) >= 11 is 0. The van der Waals surface area contributed by atoms with Crippen LogP contribution in [0.4, 0.5) is 13.2 Å². The van der Waals surface area contributed by atoms with Gasteiger partial charge in [0.05, 0.1) is 29.2 Å². The molecular formula is C26H27F3N2O4. The third-order valence-corrected chi connectivity index (χ3v) is 6.33. The smallest absolute Gasteiger partial charge is 0.416 e. The lowest BCUT2D eigenvalue weighted by molar-refractivity contribution is -0.137. The van der Waals surface area contributed by atoms with Gasteiger partial charge in [-0.3, -0.25) is 9.59 Å². The molecule has 0 fully saturated rings. The Balaban J connectivity index is 1.85. The standard InChI is InChI=1S/C26H27F3N2O4/c1-15(32)12-13-30-21-20-22(35-25(2,3)23(21)33)18-6-4-5-7-19(18)31(24(20)34)14-16-8-10-17(11-9-16)26(27,28)29/h4-11,21,23,30,33H,12-14H2,1-3H3/t21-,23+/m1/s1. The summed E-state index contributed by atoms with van der Waals surface area (Å²) in [7, 11) is 0. The van der Waals surface area contributed by atoms with Gasteiger partial charge < -0.3 is 19.7 Å². The van der Waals surface area contributed by atoms with E-state index < -0.39 is 35.0 Å². The van der Waals surface area contributed by atoms with E-state index in [0.29, 0.717) is 22.2 Å². The van der Waals surface area contributed by atoms with Crippen LogP contribution < -0.4 is 15.6 Å². The molecule has 3 aromatic rings. The number of halogens is 3. The number of nitrogens with one attached hydrogen (secondary N) is 1. The van der Waals surface area contributed by atoms with Crippen molar-refractivity contribution in [3.05, 3.63) is 75.6 Å². The lowest BCUT2D eigenvalue weighted by Gasteiger charge is -2.42. The summed E-state index contributed by atoms with van der Waals surface area (Å²) in [4.78, 5) is 25.3. The Bertz CT molecular complexity index is 1310. The number of aliphatic hydroxyl groups excluding tert-OH is 1. The van der Waals surface area contributed by atoms with Gasteiger partial charge in [-0.2, -0.15) is 13.2 Å². The number of pyridine rings is 1. The van der Waals surface area contributed by atoms with Crippen molar-refractivity contribution in [1.29, 1.82) is 0 Å². The van der Waals surface area contributed by atoms with Crippen molar-refractivity contribution in [2.75, 3.05) is 6.54 Å². The van der Waals surface area contributed by atoms with Crippen LogP contribution in [-0.4, -0.2) is 33.7 Å². The Morgan fingerprint density at radius 3 is 2.43 bits per heavy atom. The molecule has 1 aromatic heterocycles. The van der Waals surface area contributed by atoms with Gasteiger partial charge in [-0.05, 0) is 50.6 Å². The summed E-state index contributed by atoms with van der Waals surface area (Å²) in [6.07, 6.45) is -5.31. The summed E-state index contributed by atoms with van der Waals surface area (Å²) in [5.74, 6) is 0.321. The highest BCUT2D eigenvalue weighted by Crippen LogP contribution is 2.42. The van der Waals surface area contributed by atoms with Crippen LogP contribution >= 0.6 is 0 Å². The minimum Gasteiger partial charge on any atom is -0.484 e. The minimum atomic E-state index is -4.45. The molecule has 0 bridgehead atoms. The number of carbonyl (C=O) groups is 1. The highest BCUT2D eigenvalue weighted by atomic mass is 19.4. The van der Waals surface area contributed by atoms with Gasteiger partial charge in [0.15, 0.2) is 0 Å². The van der Waals surface area contributed by atoms with E-state index in [1.54, 1.807) is 38.1 Å². The van der Waals surface area contributed by atoms with Crippen LogP contribution in [0.1, 0.15) is 49.9 Å². The van der Waals surface area contributed by atoms with E-state index in [0.717, 1.165) is 12.1 Å². The summed E-state index contributed by atoms with van der Waals surface area (Å²) in [6.45, 7) is 5.21. The number of hydrogen-bond acceptors (Lipinski definition) is 5. The number of hydrogen-bond donors (Lipinski definition) is 2. The SMILES string of the molecule is CC(=O)CCN[C@@H]1c2c(c3ccccc3n(Cc3ccc(C(F)(F)F)cc3)c2=O)OC(C)(C)[C@H]1O. The third-order valence-electron chi connectivity index (χ3n) is 6.33. The quantitative estimate of drug-likeness (QED) is 0.544. The Labute approximate surface area is 200 Å². The van der Waals surface area contributed by atoms with Crippen molar-refractivity contribution < 1.29 is 27.8 Å². The van der Waals surface area contributed by atoms with E-state index in [9.17, 15) is 27.9 Å². The summed E-state index contributed by atoms with van der Waals surface area (Å²) in [5, 5.41) is 14.9. The first kappa shape index (κ1) is 24.9. The largest absolute Gasteiger partial charge is 0.484 e. The summed E-state index contributed by atoms with van der Waals surface area (Å²) < 4.78 is 46.6. The third kappa shape index (κ3) is 4.83. The number of Topliss-reactive ketones (excluding diaryl/α,β-unsaturated/α-hetero) is 1. The molecule has 186 valence electrons. The van der Waals surface area contributed by atoms with Crippen molar-refractivity contribution >= 4 is 16.7 Å². The molecular weight excluding hydrogens is 461 g/mol. The molecule has 2 atom stereocenters. The van der Waals surface area contributed by atoms with E-state index in [1.165, 1.54) is 23.6 Å². The van der Waals surface area contributed by atoms with E-state index in [2.05, 4.69) is 5.32 Å². The van der Waals surface area contributed by atoms with Crippen LogP contribution in [0.2, 0.25) is 0 Å². The van der Waals surface area contributed by atoms with Gasteiger partial charge in [0.2, 0.25) is 0 Å². The van der Waals surface area contributed by atoms with Crippen LogP contribution in [0.15, 0.2) is 53.3 Å². The number of para-hydroxylation sites is 1. The van der Waals surface area contributed by atoms with Crippen LogP contribution in [0.25, 0.3) is 10.9 Å². The number of nitrogens with zero attached hydrogens (tertiary/aromatic N) is 1. The van der Waals surface area contributed by atoms with Crippen LogP contribution in [0.5, 0.6) is 5.75 Å². The molecule has 0 amide bonds. The topological polar surface area (TPSA) is 80.6 Å². The molecule has 2 N–H and O–H groups in total. The molecule has 0 saturated carbocycles. The first-order chi connectivity index (χ1) is 16.4. The molecule has 0 spiro atoms. The normalized spacial score (nSPS) is 19.3. The van der Waals surface area contributed by atoms with E-state index in [4.69, 9.17) is 4.74 Å². The molecule has 2 heterocycles. The van der Waals surface area contributed by atoms with Crippen LogP contribution in [0, 0.1) is 0 Å². The maximum Gasteiger partial charge on any atom is 0.416 e. The second-order valence-corrected chi connectivity index (χ2v) is 9.38. The van der Waals surface area contributed by atoms with Crippen molar-refractivity contribution in [3.8, 4) is 5.75 Å². The number of fused-ring (bicyclic) bond motifs is 3. The predicted octanol–water partition coefficient (Wildman–Crippen LogP) is 4.21. The highest BCUT2D eigenvalue weighted by molar-refractivity contribution is 5.87. The van der Waals surface area contributed by atoms with Crippen molar-refractivity contribution in [3.63, 3.8) is 0 Å². The molecule has 4 rings (SSSR count). The second-order valence-electron chi connectivity index (χ2n) is 9.38. The minimum absolute atomic E-state index is 0.0308. The number of ether oxygens (including phenoxy) is 1. The van der Waals surface area contributed by atoms with E-state index in [-0.39, 0.29) is 30.9 Å². The monoisotopic (exact) mass is 488 g/mol. The molecule has 35 heavy (non-hydrogen) atoms. The molecule has 0 saturated heterocycles. The molecule has 0 radical (unpaired) electrons. The first-order valence-electron chi connectivity index (χ1n) is 11.3. The zero-order chi connectivity index (χ0) is 25.5. The molecule has 1 aliphatic rings. The predicted molar refractivity (Wildman–Crippen MR) is 126 cm³/mol. The Morgan fingerprint density at radius 1 is 1.14 bits per heavy atom. The van der Waals surface area contributed by atoms with Gasteiger partial charge >= 0.3 is 6.18 Å². The van der Waals surface area contributed by atoms with Gasteiger partial charge in [0.1, 0.15) is 23.2 Å². The second kappa shape index (κ2) is 9.13. The number of aromatic nitrogens is 1. The molecule has 1 aliphatic heterocycles. The van der Waals surface area contributed by atoms with Crippen molar-refractivity contribution in [2.45, 2.75) is 57.7 Å². The average Bonchev–Trinajstić information content (AvgIpc) is 2.78. The number of alkyl halides is 3. The Morgan fingerprint density at radius 2 is 1.80 bits per heavy atom. The molecule has 6 nitrogen and oxygen atoms in total. The van der Waals surface area contributed by atoms with Gasteiger partial charge in [-0.25, -0.2) is 0 Å². The fourth-order valence-electron chi connectivity index (χ4n) is 4.42. The Hall–Kier alpha value is -3.17. The molecule has 9 heteroatoms. The number of aliphatic hydroxyl groups is 1. The molecule has 2 aromatic carbocycles. The lowest BCUT2D eigenvalue weighted by atomic mass is 9.86. The summed E-state index contributed by atoms with van der Waals surface area (Å²) in [5.41, 5.74) is -0.901. The Kier molecular flexibility index (Phi) is 6.50. The van der Waals surface area contributed by atoms with E-state index >= 15 is 0 Å². The van der Waals surface area contributed by atoms with Gasteiger partial charge in [-0.15, -0.1) is 0 Å². The number of ketones is 1. The number of carbonyl (C=O) groups excluding carboxylic acids is 1. The fourth-order valence-corrected chi connectivity index (χ4v) is 4.42. The zero-order valence-electron chi connectivity index (χ0n) is 19.6. The van der Waals surface area contributed by atoms with Gasteiger partial charge in [0, 0.05) is 18.4 Å². The van der Waals surface area contributed by atoms with E-state index in [1.807, 2.05) is 0 Å². The average molecular weight is 489 g/mol. The van der Waals surface area contributed by atoms with Crippen molar-refractivity contribution in [2.24, 2.45) is 0 Å². The first-order valence-corrected chi connectivity index (χ1v) is 11.3. The van der Waals surface area contributed by atoms with Gasteiger partial charge in [0.25, 0.3) is 5.56 Å². The summed E-state index contributed by atoms with van der Waals surface area (Å²) in [6, 6.07) is 11.0. The zero-order valence-corrected chi connectivity index (χ0v) is 19.6. The van der Waals surface area contributed by atoms with Crippen molar-refractivity contribution in [1.82, 2.24) is 9.88 Å².